The fourth-order valence-electron chi connectivity index (χ4n) is 2.39. The molecule has 0 aromatic heterocycles. The zero-order valence-corrected chi connectivity index (χ0v) is 13.2. The quantitative estimate of drug-likeness (QED) is 0.689. The monoisotopic (exact) mass is 280 g/mol. The lowest BCUT2D eigenvalue weighted by Crippen LogP contribution is -2.10. The molecule has 0 aliphatic heterocycles. The Morgan fingerprint density at radius 1 is 0.905 bits per heavy atom. The minimum atomic E-state index is 0.196. The van der Waals surface area contributed by atoms with Crippen LogP contribution < -0.4 is 0 Å². The van der Waals surface area contributed by atoms with E-state index in [4.69, 9.17) is 0 Å². The van der Waals surface area contributed by atoms with Crippen molar-refractivity contribution >= 4 is 5.78 Å². The van der Waals surface area contributed by atoms with Gasteiger partial charge in [-0.1, -0.05) is 75.4 Å². The molecule has 0 radical (unpaired) electrons. The van der Waals surface area contributed by atoms with Crippen LogP contribution >= 0.6 is 0 Å². The maximum absolute atomic E-state index is 12.0. The highest BCUT2D eigenvalue weighted by atomic mass is 16.1. The molecule has 1 nitrogen and oxygen atoms in total. The zero-order valence-electron chi connectivity index (χ0n) is 13.2. The van der Waals surface area contributed by atoms with E-state index in [9.17, 15) is 4.79 Å². The third kappa shape index (κ3) is 4.56. The lowest BCUT2D eigenvalue weighted by molar-refractivity contribution is 0.0980. The molecule has 0 aliphatic rings. The Labute approximate surface area is 128 Å². The zero-order chi connectivity index (χ0) is 15.3. The van der Waals surface area contributed by atoms with Crippen LogP contribution in [0.25, 0.3) is 0 Å². The molecule has 2 rings (SSSR count). The first kappa shape index (κ1) is 15.5. The van der Waals surface area contributed by atoms with E-state index in [2.05, 4.69) is 45.0 Å². The van der Waals surface area contributed by atoms with Gasteiger partial charge in [-0.2, -0.15) is 0 Å². The summed E-state index contributed by atoms with van der Waals surface area (Å²) in [5.41, 5.74) is 3.68. The summed E-state index contributed by atoms with van der Waals surface area (Å²) < 4.78 is 0. The Kier molecular flexibility index (Phi) is 4.95. The van der Waals surface area contributed by atoms with Gasteiger partial charge >= 0.3 is 0 Å². The van der Waals surface area contributed by atoms with Crippen LogP contribution in [0.4, 0.5) is 0 Å². The smallest absolute Gasteiger partial charge is 0.162 e. The Bertz CT molecular complexity index is 573. The van der Waals surface area contributed by atoms with E-state index in [1.165, 1.54) is 11.1 Å². The number of Topliss-reactive ketones (excluding diaryl/α,β-unsaturated/α-hetero) is 1. The van der Waals surface area contributed by atoms with Crippen molar-refractivity contribution in [1.82, 2.24) is 0 Å². The van der Waals surface area contributed by atoms with Crippen LogP contribution in [0.3, 0.4) is 0 Å². The minimum Gasteiger partial charge on any atom is -0.294 e. The van der Waals surface area contributed by atoms with Crippen molar-refractivity contribution in [2.24, 2.45) is 0 Å². The maximum Gasteiger partial charge on any atom is 0.162 e. The van der Waals surface area contributed by atoms with Gasteiger partial charge in [-0.05, 0) is 29.4 Å². The van der Waals surface area contributed by atoms with E-state index in [0.717, 1.165) is 18.4 Å². The van der Waals surface area contributed by atoms with Crippen molar-refractivity contribution in [1.29, 1.82) is 0 Å². The van der Waals surface area contributed by atoms with Gasteiger partial charge in [-0.25, -0.2) is 0 Å². The largest absolute Gasteiger partial charge is 0.294 e. The molecule has 110 valence electrons. The van der Waals surface area contributed by atoms with E-state index in [0.29, 0.717) is 6.42 Å². The molecule has 0 aliphatic carbocycles. The predicted octanol–water partition coefficient (Wildman–Crippen LogP) is 5.19. The molecule has 0 unspecified atom stereocenters. The first-order valence-electron chi connectivity index (χ1n) is 7.64. The molecule has 21 heavy (non-hydrogen) atoms. The number of hydrogen-bond acceptors (Lipinski definition) is 1. The number of aryl methyl sites for hydroxylation is 1. The molecule has 0 fully saturated rings. The Hall–Kier alpha value is -1.89. The second-order valence-corrected chi connectivity index (χ2v) is 6.59. The third-order valence-corrected chi connectivity index (χ3v) is 3.79. The molecule has 2 aromatic carbocycles. The summed E-state index contributed by atoms with van der Waals surface area (Å²) in [6, 6.07) is 18.3. The van der Waals surface area contributed by atoms with Gasteiger partial charge in [-0.3, -0.25) is 4.79 Å². The molecule has 0 heterocycles. The fourth-order valence-corrected chi connectivity index (χ4v) is 2.39. The summed E-state index contributed by atoms with van der Waals surface area (Å²) in [7, 11) is 0. The number of rotatable bonds is 5. The number of ketones is 1. The third-order valence-electron chi connectivity index (χ3n) is 3.79. The molecule has 0 amide bonds. The predicted molar refractivity (Wildman–Crippen MR) is 88.9 cm³/mol. The van der Waals surface area contributed by atoms with E-state index < -0.39 is 0 Å². The van der Waals surface area contributed by atoms with Gasteiger partial charge in [0.2, 0.25) is 0 Å². The highest BCUT2D eigenvalue weighted by Gasteiger charge is 2.12. The fraction of sp³-hybridized carbons (Fsp3) is 0.350. The molecular weight excluding hydrogens is 256 g/mol. The van der Waals surface area contributed by atoms with Crippen LogP contribution in [0.1, 0.15) is 55.1 Å². The minimum absolute atomic E-state index is 0.196. The molecule has 1 heteroatoms. The van der Waals surface area contributed by atoms with E-state index in [-0.39, 0.29) is 11.2 Å². The van der Waals surface area contributed by atoms with Crippen LogP contribution in [0.15, 0.2) is 54.6 Å². The van der Waals surface area contributed by atoms with Crippen LogP contribution in [0, 0.1) is 0 Å². The van der Waals surface area contributed by atoms with Gasteiger partial charge < -0.3 is 0 Å². The topological polar surface area (TPSA) is 17.1 Å². The number of hydrogen-bond donors (Lipinski definition) is 0. The van der Waals surface area contributed by atoms with Gasteiger partial charge in [0, 0.05) is 12.0 Å². The van der Waals surface area contributed by atoms with E-state index in [1.54, 1.807) is 0 Å². The van der Waals surface area contributed by atoms with Crippen molar-refractivity contribution < 1.29 is 4.79 Å². The Morgan fingerprint density at radius 3 is 2.10 bits per heavy atom. The SMILES string of the molecule is CC(C)(C)c1ccc(CCCC(=O)c2ccccc2)cc1. The van der Waals surface area contributed by atoms with E-state index >= 15 is 0 Å². The van der Waals surface area contributed by atoms with Gasteiger partial charge in [0.1, 0.15) is 0 Å². The molecule has 0 atom stereocenters. The first-order chi connectivity index (χ1) is 9.97. The summed E-state index contributed by atoms with van der Waals surface area (Å²) in [5, 5.41) is 0. The van der Waals surface area contributed by atoms with Crippen LogP contribution in [0.2, 0.25) is 0 Å². The van der Waals surface area contributed by atoms with E-state index in [1.807, 2.05) is 30.3 Å². The molecule has 0 N–H and O–H groups in total. The normalized spacial score (nSPS) is 11.4. The molecular formula is C20H24O. The summed E-state index contributed by atoms with van der Waals surface area (Å²) in [6.07, 6.45) is 2.48. The van der Waals surface area contributed by atoms with Crippen molar-refractivity contribution in [2.75, 3.05) is 0 Å². The highest BCUT2D eigenvalue weighted by molar-refractivity contribution is 5.95. The average molecular weight is 280 g/mol. The van der Waals surface area contributed by atoms with Crippen molar-refractivity contribution in [3.63, 3.8) is 0 Å². The molecule has 0 bridgehead atoms. The van der Waals surface area contributed by atoms with Gasteiger partial charge in [0.25, 0.3) is 0 Å². The summed E-state index contributed by atoms with van der Waals surface area (Å²) in [4.78, 5) is 12.0. The average Bonchev–Trinajstić information content (AvgIpc) is 2.47. The van der Waals surface area contributed by atoms with Crippen LogP contribution in [0.5, 0.6) is 0 Å². The lowest BCUT2D eigenvalue weighted by atomic mass is 9.86. The second-order valence-electron chi connectivity index (χ2n) is 6.59. The summed E-state index contributed by atoms with van der Waals surface area (Å²) in [6.45, 7) is 6.67. The molecule has 0 saturated heterocycles. The van der Waals surface area contributed by atoms with Crippen molar-refractivity contribution in [2.45, 2.75) is 45.4 Å². The number of benzene rings is 2. The number of carbonyl (C=O) groups is 1. The van der Waals surface area contributed by atoms with Gasteiger partial charge in [0.05, 0.1) is 0 Å². The summed E-state index contributed by atoms with van der Waals surface area (Å²) >= 11 is 0. The van der Waals surface area contributed by atoms with Gasteiger partial charge in [0.15, 0.2) is 5.78 Å². The second kappa shape index (κ2) is 6.71. The summed E-state index contributed by atoms with van der Waals surface area (Å²) in [5.74, 6) is 0.238. The lowest BCUT2D eigenvalue weighted by Gasteiger charge is -2.19. The Balaban J connectivity index is 1.85. The maximum atomic E-state index is 12.0. The highest BCUT2D eigenvalue weighted by Crippen LogP contribution is 2.22. The van der Waals surface area contributed by atoms with Crippen LogP contribution in [-0.4, -0.2) is 5.78 Å². The van der Waals surface area contributed by atoms with Crippen molar-refractivity contribution in [3.8, 4) is 0 Å². The van der Waals surface area contributed by atoms with Crippen LogP contribution in [-0.2, 0) is 11.8 Å². The molecule has 0 saturated carbocycles. The van der Waals surface area contributed by atoms with Crippen molar-refractivity contribution in [3.05, 3.63) is 71.3 Å². The Morgan fingerprint density at radius 2 is 1.52 bits per heavy atom. The standard InChI is InChI=1S/C20H24O/c1-20(2,3)18-14-12-16(13-15-18)8-7-11-19(21)17-9-5-4-6-10-17/h4-6,9-10,12-15H,7-8,11H2,1-3H3. The van der Waals surface area contributed by atoms with Gasteiger partial charge in [-0.15, -0.1) is 0 Å². The number of carbonyl (C=O) groups excluding carboxylic acids is 1. The molecule has 0 spiro atoms. The first-order valence-corrected chi connectivity index (χ1v) is 7.64. The molecule has 2 aromatic rings.